The summed E-state index contributed by atoms with van der Waals surface area (Å²) in [7, 11) is 3.32. The van der Waals surface area contributed by atoms with Crippen LogP contribution in [0.1, 0.15) is 0 Å². The first kappa shape index (κ1) is 19.6. The minimum absolute atomic E-state index is 0.540. The van der Waals surface area contributed by atoms with Gasteiger partial charge in [0.05, 0.1) is 14.2 Å². The molecule has 2 aromatic carbocycles. The van der Waals surface area contributed by atoms with E-state index in [1.54, 1.807) is 20.5 Å². The fourth-order valence-electron chi connectivity index (χ4n) is 3.54. The van der Waals surface area contributed by atoms with Gasteiger partial charge in [0.15, 0.2) is 11.6 Å². The Morgan fingerprint density at radius 2 is 1.57 bits per heavy atom. The zero-order valence-corrected chi connectivity index (χ0v) is 17.2. The van der Waals surface area contributed by atoms with Crippen LogP contribution in [0.4, 0.5) is 28.7 Å². The van der Waals surface area contributed by atoms with Gasteiger partial charge in [-0.3, -0.25) is 0 Å². The molecule has 0 radical (unpaired) electrons. The van der Waals surface area contributed by atoms with Crippen LogP contribution in [0.3, 0.4) is 0 Å². The van der Waals surface area contributed by atoms with Crippen LogP contribution in [0.25, 0.3) is 0 Å². The highest BCUT2D eigenvalue weighted by Gasteiger charge is 2.21. The molecule has 0 spiro atoms. The van der Waals surface area contributed by atoms with Gasteiger partial charge in [0.25, 0.3) is 0 Å². The lowest BCUT2D eigenvalue weighted by Gasteiger charge is -2.37. The maximum Gasteiger partial charge on any atom is 0.159 e. The highest BCUT2D eigenvalue weighted by atomic mass is 16.5. The number of nitrogen functional groups attached to an aromatic ring is 1. The molecular formula is C22H26N6O2. The van der Waals surface area contributed by atoms with Crippen molar-refractivity contribution >= 4 is 28.7 Å². The van der Waals surface area contributed by atoms with Crippen molar-refractivity contribution in [3.8, 4) is 11.5 Å². The molecule has 0 saturated carbocycles. The predicted octanol–water partition coefficient (Wildman–Crippen LogP) is 3.15. The number of ether oxygens (including phenoxy) is 2. The van der Waals surface area contributed by atoms with Gasteiger partial charge in [-0.2, -0.15) is 0 Å². The van der Waals surface area contributed by atoms with Crippen molar-refractivity contribution in [2.24, 2.45) is 0 Å². The molecule has 3 aromatic rings. The van der Waals surface area contributed by atoms with Crippen LogP contribution in [0, 0.1) is 0 Å². The van der Waals surface area contributed by atoms with Crippen LogP contribution in [0.2, 0.25) is 0 Å². The molecule has 156 valence electrons. The molecule has 0 atom stereocenters. The Morgan fingerprint density at radius 3 is 2.27 bits per heavy atom. The quantitative estimate of drug-likeness (QED) is 0.645. The first-order valence-electron chi connectivity index (χ1n) is 9.83. The maximum absolute atomic E-state index is 6.42. The lowest BCUT2D eigenvalue weighted by atomic mass is 10.2. The molecule has 1 fully saturated rings. The summed E-state index contributed by atoms with van der Waals surface area (Å²) in [5, 5.41) is 3.27. The minimum atomic E-state index is 0.540. The third-order valence-corrected chi connectivity index (χ3v) is 5.21. The van der Waals surface area contributed by atoms with Gasteiger partial charge in [-0.15, -0.1) is 0 Å². The summed E-state index contributed by atoms with van der Waals surface area (Å²) in [6.07, 6.45) is 1.55. The number of piperazine rings is 1. The maximum atomic E-state index is 6.42. The molecule has 30 heavy (non-hydrogen) atoms. The van der Waals surface area contributed by atoms with Gasteiger partial charge >= 0.3 is 0 Å². The highest BCUT2D eigenvalue weighted by molar-refractivity contribution is 5.78. The number of hydrogen-bond acceptors (Lipinski definition) is 8. The van der Waals surface area contributed by atoms with Gasteiger partial charge in [-0.25, -0.2) is 9.97 Å². The van der Waals surface area contributed by atoms with E-state index in [0.29, 0.717) is 11.5 Å². The molecule has 3 N–H and O–H groups in total. The molecule has 2 heterocycles. The van der Waals surface area contributed by atoms with Crippen molar-refractivity contribution < 1.29 is 9.47 Å². The van der Waals surface area contributed by atoms with Crippen LogP contribution in [-0.4, -0.2) is 50.4 Å². The van der Waals surface area contributed by atoms with Crippen LogP contribution < -0.4 is 30.3 Å². The largest absolute Gasteiger partial charge is 0.497 e. The summed E-state index contributed by atoms with van der Waals surface area (Å²) in [5.41, 5.74) is 9.01. The molecule has 0 aliphatic carbocycles. The molecule has 4 rings (SSSR count). The van der Waals surface area contributed by atoms with E-state index in [1.165, 1.54) is 5.69 Å². The molecule has 0 amide bonds. The second kappa shape index (κ2) is 8.77. The average molecular weight is 406 g/mol. The van der Waals surface area contributed by atoms with Crippen LogP contribution >= 0.6 is 0 Å². The topological polar surface area (TPSA) is 88.8 Å². The van der Waals surface area contributed by atoms with Gasteiger partial charge in [-0.05, 0) is 36.4 Å². The standard InChI is InChI=1S/C22H26N6O2/c1-29-18-8-6-17(7-9-18)27-10-12-28(13-11-27)22-20(23)21(24-15-25-22)26-16-4-3-5-19(14-16)30-2/h3-9,14-15H,10-13,23H2,1-2H3,(H,24,25,26). The second-order valence-corrected chi connectivity index (χ2v) is 6.99. The van der Waals surface area contributed by atoms with Crippen molar-refractivity contribution in [2.75, 3.05) is 61.2 Å². The van der Waals surface area contributed by atoms with E-state index in [4.69, 9.17) is 15.2 Å². The summed E-state index contributed by atoms with van der Waals surface area (Å²) < 4.78 is 10.5. The van der Waals surface area contributed by atoms with E-state index < -0.39 is 0 Å². The van der Waals surface area contributed by atoms with E-state index in [2.05, 4.69) is 37.2 Å². The predicted molar refractivity (Wildman–Crippen MR) is 120 cm³/mol. The average Bonchev–Trinajstić information content (AvgIpc) is 2.81. The van der Waals surface area contributed by atoms with E-state index in [-0.39, 0.29) is 0 Å². The van der Waals surface area contributed by atoms with Gasteiger partial charge in [0, 0.05) is 43.6 Å². The number of nitrogens with one attached hydrogen (secondary N) is 1. The van der Waals surface area contributed by atoms with Crippen LogP contribution in [-0.2, 0) is 0 Å². The third-order valence-electron chi connectivity index (χ3n) is 5.21. The summed E-state index contributed by atoms with van der Waals surface area (Å²) in [5.74, 6) is 2.97. The van der Waals surface area contributed by atoms with Crippen molar-refractivity contribution in [1.29, 1.82) is 0 Å². The zero-order chi connectivity index (χ0) is 20.9. The molecule has 1 aliphatic heterocycles. The van der Waals surface area contributed by atoms with E-state index >= 15 is 0 Å². The Balaban J connectivity index is 1.45. The highest BCUT2D eigenvalue weighted by Crippen LogP contribution is 2.30. The van der Waals surface area contributed by atoms with E-state index in [1.807, 2.05) is 36.4 Å². The van der Waals surface area contributed by atoms with Crippen molar-refractivity contribution in [2.45, 2.75) is 0 Å². The summed E-state index contributed by atoms with van der Waals surface area (Å²) >= 11 is 0. The number of nitrogens with zero attached hydrogens (tertiary/aromatic N) is 4. The molecule has 1 saturated heterocycles. The zero-order valence-electron chi connectivity index (χ0n) is 17.2. The molecular weight excluding hydrogens is 380 g/mol. The number of nitrogens with two attached hydrogens (primary N) is 1. The molecule has 1 aliphatic rings. The van der Waals surface area contributed by atoms with Gasteiger partial charge < -0.3 is 30.3 Å². The van der Waals surface area contributed by atoms with Crippen molar-refractivity contribution in [3.63, 3.8) is 0 Å². The van der Waals surface area contributed by atoms with E-state index in [0.717, 1.165) is 49.2 Å². The molecule has 8 nitrogen and oxygen atoms in total. The van der Waals surface area contributed by atoms with Gasteiger partial charge in [0.1, 0.15) is 23.5 Å². The first-order chi connectivity index (χ1) is 14.7. The lowest BCUT2D eigenvalue weighted by molar-refractivity contribution is 0.414. The molecule has 0 unspecified atom stereocenters. The number of aromatic nitrogens is 2. The summed E-state index contributed by atoms with van der Waals surface area (Å²) in [6.45, 7) is 3.42. The number of rotatable bonds is 6. The molecule has 0 bridgehead atoms. The monoisotopic (exact) mass is 406 g/mol. The normalized spacial score (nSPS) is 13.8. The fraction of sp³-hybridized carbons (Fsp3) is 0.273. The number of benzene rings is 2. The van der Waals surface area contributed by atoms with E-state index in [9.17, 15) is 0 Å². The summed E-state index contributed by atoms with van der Waals surface area (Å²) in [6, 6.07) is 15.8. The Labute approximate surface area is 176 Å². The number of hydrogen-bond donors (Lipinski definition) is 2. The Hall–Kier alpha value is -3.68. The Morgan fingerprint density at radius 1 is 0.867 bits per heavy atom. The minimum Gasteiger partial charge on any atom is -0.497 e. The number of methoxy groups -OCH3 is 2. The second-order valence-electron chi connectivity index (χ2n) is 6.99. The third kappa shape index (κ3) is 4.17. The molecule has 1 aromatic heterocycles. The Kier molecular flexibility index (Phi) is 5.74. The van der Waals surface area contributed by atoms with Gasteiger partial charge in [-0.1, -0.05) is 6.07 Å². The lowest BCUT2D eigenvalue weighted by Crippen LogP contribution is -2.47. The SMILES string of the molecule is COc1ccc(N2CCN(c3ncnc(Nc4cccc(OC)c4)c3N)CC2)cc1. The smallest absolute Gasteiger partial charge is 0.159 e. The van der Waals surface area contributed by atoms with Crippen molar-refractivity contribution in [1.82, 2.24) is 9.97 Å². The van der Waals surface area contributed by atoms with Crippen LogP contribution in [0.15, 0.2) is 54.9 Å². The van der Waals surface area contributed by atoms with Crippen LogP contribution in [0.5, 0.6) is 11.5 Å². The van der Waals surface area contributed by atoms with Gasteiger partial charge in [0.2, 0.25) is 0 Å². The summed E-state index contributed by atoms with van der Waals surface area (Å²) in [4.78, 5) is 13.3. The fourth-order valence-corrected chi connectivity index (χ4v) is 3.54. The Bertz CT molecular complexity index is 987. The number of anilines is 5. The first-order valence-corrected chi connectivity index (χ1v) is 9.83. The van der Waals surface area contributed by atoms with Crippen molar-refractivity contribution in [3.05, 3.63) is 54.9 Å². The molecule has 8 heteroatoms.